The van der Waals surface area contributed by atoms with Gasteiger partial charge in [-0.25, -0.2) is 0 Å². The first-order valence-electron chi connectivity index (χ1n) is 5.03. The van der Waals surface area contributed by atoms with Crippen LogP contribution >= 0.6 is 0 Å². The van der Waals surface area contributed by atoms with E-state index in [1.165, 1.54) is 20.0 Å². The predicted octanol–water partition coefficient (Wildman–Crippen LogP) is -0.0342. The van der Waals surface area contributed by atoms with Crippen molar-refractivity contribution in [2.45, 2.75) is 0 Å². The van der Waals surface area contributed by atoms with Gasteiger partial charge in [0.05, 0.1) is 13.0 Å². The molecule has 0 heterocycles. The average molecular weight is 288 g/mol. The summed E-state index contributed by atoms with van der Waals surface area (Å²) in [5.41, 5.74) is 0. The summed E-state index contributed by atoms with van der Waals surface area (Å²) in [4.78, 5) is 11.0. The molecular weight excluding hydrogens is 275 g/mol. The van der Waals surface area contributed by atoms with Crippen molar-refractivity contribution in [2.75, 3.05) is 7.11 Å². The van der Waals surface area contributed by atoms with Gasteiger partial charge in [0.15, 0.2) is 0 Å². The quantitative estimate of drug-likeness (QED) is 0.553. The third-order valence-corrected chi connectivity index (χ3v) is 2.09. The minimum Gasteiger partial charge on any atom is -0.469 e. The third-order valence-electron chi connectivity index (χ3n) is 2.09. The van der Waals surface area contributed by atoms with Gasteiger partial charge in [-0.05, 0) is 51.4 Å². The molecule has 0 saturated heterocycles. The Balaban J connectivity index is 0.000000405. The van der Waals surface area contributed by atoms with Crippen molar-refractivity contribution in [3.05, 3.63) is 63.1 Å². The Bertz CT molecular complexity index is 227. The van der Waals surface area contributed by atoms with E-state index in [0.29, 0.717) is 0 Å². The normalized spacial score (nSPS) is 19.7. The molecule has 2 saturated carbocycles. The Kier molecular flexibility index (Phi) is 9.83. The van der Waals surface area contributed by atoms with Crippen LogP contribution in [0.15, 0.2) is 0 Å². The minimum atomic E-state index is -1.63. The topological polar surface area (TPSA) is 66.8 Å². The second kappa shape index (κ2) is 9.85. The zero-order chi connectivity index (χ0) is 12.7. The van der Waals surface area contributed by atoms with Crippen LogP contribution in [0.5, 0.6) is 0 Å². The summed E-state index contributed by atoms with van der Waals surface area (Å²) >= 11 is 0. The zero-order valence-electron chi connectivity index (χ0n) is 9.76. The number of carbonyl (C=O) groups excluding carboxylic acids is 1. The van der Waals surface area contributed by atoms with E-state index in [9.17, 15) is 4.79 Å². The third kappa shape index (κ3) is 5.74. The van der Waals surface area contributed by atoms with Crippen LogP contribution in [-0.4, -0.2) is 30.2 Å². The molecule has 2 fully saturated rings. The molecule has 0 aromatic rings. The monoisotopic (exact) mass is 288 g/mol. The minimum absolute atomic E-state index is 0. The standard InChI is InChI=1S/C7H8BO4.C5H5.Fe/c1-12-7(9)5-3-2-4-6(5)8(10)11;1-2-4-5-3-1;/h2-4,10-11H,1H3;1-5H;. The van der Waals surface area contributed by atoms with Gasteiger partial charge in [-0.3, -0.25) is 4.79 Å². The Hall–Kier alpha value is -0.0256. The Morgan fingerprint density at radius 1 is 1.06 bits per heavy atom. The van der Waals surface area contributed by atoms with Crippen LogP contribution in [-0.2, 0) is 26.6 Å². The van der Waals surface area contributed by atoms with Gasteiger partial charge in [0.25, 0.3) is 0 Å². The second-order valence-electron chi connectivity index (χ2n) is 3.22. The van der Waals surface area contributed by atoms with Crippen molar-refractivity contribution < 1.29 is 36.6 Å². The van der Waals surface area contributed by atoms with Gasteiger partial charge < -0.3 is 14.8 Å². The van der Waals surface area contributed by atoms with Gasteiger partial charge in [0.1, 0.15) is 0 Å². The van der Waals surface area contributed by atoms with Crippen LogP contribution in [0.4, 0.5) is 0 Å². The van der Waals surface area contributed by atoms with Crippen LogP contribution in [0.2, 0.25) is 0 Å². The van der Waals surface area contributed by atoms with Crippen molar-refractivity contribution >= 4 is 13.1 Å². The van der Waals surface area contributed by atoms with E-state index in [2.05, 4.69) is 4.74 Å². The Morgan fingerprint density at radius 3 is 1.94 bits per heavy atom. The molecule has 0 spiro atoms. The van der Waals surface area contributed by atoms with Crippen molar-refractivity contribution in [1.29, 1.82) is 0 Å². The first kappa shape index (κ1) is 18.0. The summed E-state index contributed by atoms with van der Waals surface area (Å²) in [6, 6.07) is 0. The molecule has 0 aromatic carbocycles. The van der Waals surface area contributed by atoms with Crippen molar-refractivity contribution in [3.8, 4) is 0 Å². The average Bonchev–Trinajstić information content (AvgIpc) is 3.00. The molecule has 2 aliphatic carbocycles. The van der Waals surface area contributed by atoms with Crippen LogP contribution in [0.3, 0.4) is 0 Å². The molecule has 0 aromatic heterocycles. The molecule has 2 rings (SSSR count). The van der Waals surface area contributed by atoms with E-state index in [1.807, 2.05) is 32.1 Å². The van der Waals surface area contributed by atoms with Crippen molar-refractivity contribution in [1.82, 2.24) is 0 Å². The summed E-state index contributed by atoms with van der Waals surface area (Å²) in [6.45, 7) is 0. The molecule has 6 heteroatoms. The number of carbonyl (C=O) groups is 1. The molecule has 4 nitrogen and oxygen atoms in total. The van der Waals surface area contributed by atoms with Crippen LogP contribution < -0.4 is 0 Å². The van der Waals surface area contributed by atoms with E-state index in [4.69, 9.17) is 10.0 Å². The first-order valence-corrected chi connectivity index (χ1v) is 5.03. The molecule has 0 unspecified atom stereocenters. The number of ether oxygens (including phenoxy) is 1. The maximum atomic E-state index is 11.0. The maximum Gasteiger partial charge on any atom is 0.459 e. The molecule has 10 radical (unpaired) electrons. The van der Waals surface area contributed by atoms with E-state index >= 15 is 0 Å². The molecular formula is C12H13BFeO4. The SMILES string of the molecule is COC(=O)[C]1[CH][CH][CH][C]1B(O)O.[CH]1[CH][CH][CH][CH]1.[Fe]. The Morgan fingerprint density at radius 2 is 1.56 bits per heavy atom. The number of hydrogen-bond donors (Lipinski definition) is 2. The molecule has 0 atom stereocenters. The largest absolute Gasteiger partial charge is 0.469 e. The zero-order valence-corrected chi connectivity index (χ0v) is 10.9. The van der Waals surface area contributed by atoms with Crippen molar-refractivity contribution in [3.63, 3.8) is 0 Å². The van der Waals surface area contributed by atoms with Gasteiger partial charge >= 0.3 is 13.1 Å². The van der Waals surface area contributed by atoms with Crippen molar-refractivity contribution in [2.24, 2.45) is 0 Å². The molecule has 2 aliphatic rings. The number of esters is 1. The van der Waals surface area contributed by atoms with Gasteiger partial charge in [0, 0.05) is 22.9 Å². The van der Waals surface area contributed by atoms with Gasteiger partial charge in [-0.2, -0.15) is 0 Å². The number of rotatable bonds is 2. The fraction of sp³-hybridized carbons (Fsp3) is 0.0833. The summed E-state index contributed by atoms with van der Waals surface area (Å²) in [7, 11) is -0.392. The van der Waals surface area contributed by atoms with Crippen LogP contribution in [0.1, 0.15) is 0 Å². The summed E-state index contributed by atoms with van der Waals surface area (Å²) < 4.78 is 4.42. The van der Waals surface area contributed by atoms with E-state index < -0.39 is 13.1 Å². The maximum absolute atomic E-state index is 11.0. The van der Waals surface area contributed by atoms with Gasteiger partial charge in [-0.15, -0.1) is 0 Å². The van der Waals surface area contributed by atoms with E-state index in [-0.39, 0.29) is 28.8 Å². The van der Waals surface area contributed by atoms with E-state index in [1.54, 1.807) is 6.42 Å². The molecule has 0 aliphatic heterocycles. The number of hydrogen-bond acceptors (Lipinski definition) is 4. The number of methoxy groups -OCH3 is 1. The summed E-state index contributed by atoms with van der Waals surface area (Å²) in [5, 5.41) is 17.6. The molecule has 2 N–H and O–H groups in total. The second-order valence-corrected chi connectivity index (χ2v) is 3.22. The van der Waals surface area contributed by atoms with Crippen LogP contribution in [0.25, 0.3) is 0 Å². The summed E-state index contributed by atoms with van der Waals surface area (Å²) in [5.74, 6) is -0.211. The molecule has 0 amide bonds. The van der Waals surface area contributed by atoms with Crippen LogP contribution in [0, 0.1) is 63.1 Å². The molecule has 0 bridgehead atoms. The van der Waals surface area contributed by atoms with E-state index in [0.717, 1.165) is 0 Å². The predicted molar refractivity (Wildman–Crippen MR) is 63.1 cm³/mol. The van der Waals surface area contributed by atoms with Gasteiger partial charge in [0.2, 0.25) is 0 Å². The fourth-order valence-corrected chi connectivity index (χ4v) is 1.28. The smallest absolute Gasteiger partial charge is 0.459 e. The molecule has 18 heavy (non-hydrogen) atoms. The fourth-order valence-electron chi connectivity index (χ4n) is 1.28. The first-order chi connectivity index (χ1) is 8.16. The Labute approximate surface area is 120 Å². The van der Waals surface area contributed by atoms with Gasteiger partial charge in [-0.1, -0.05) is 0 Å². The molecule has 96 valence electrons. The summed E-state index contributed by atoms with van der Waals surface area (Å²) in [6.07, 6.45) is 14.5.